The summed E-state index contributed by atoms with van der Waals surface area (Å²) in [6.07, 6.45) is 0.991. The topological polar surface area (TPSA) is 49.3 Å². The minimum Gasteiger partial charge on any atom is -0.352 e. The summed E-state index contributed by atoms with van der Waals surface area (Å²) in [5.74, 6) is 0.796. The zero-order valence-corrected chi connectivity index (χ0v) is 13.6. The number of guanidine groups is 1. The van der Waals surface area contributed by atoms with Crippen LogP contribution < -0.4 is 10.6 Å². The van der Waals surface area contributed by atoms with Gasteiger partial charge in [-0.3, -0.25) is 4.99 Å². The number of nitrogens with one attached hydrogen (secondary N) is 2. The van der Waals surface area contributed by atoms with Crippen molar-refractivity contribution in [3.05, 3.63) is 51.5 Å². The molecule has 21 heavy (non-hydrogen) atoms. The third kappa shape index (κ3) is 4.56. The number of aliphatic imine (C=N–C) groups is 1. The molecule has 112 valence electrons. The first kappa shape index (κ1) is 15.5. The molecular formula is C16H22N4S. The molecule has 0 spiro atoms. The summed E-state index contributed by atoms with van der Waals surface area (Å²) in [5, 5.41) is 9.90. The van der Waals surface area contributed by atoms with Crippen molar-refractivity contribution in [1.29, 1.82) is 0 Å². The molecule has 0 radical (unpaired) electrons. The van der Waals surface area contributed by atoms with Gasteiger partial charge < -0.3 is 10.6 Å². The van der Waals surface area contributed by atoms with Gasteiger partial charge in [0.15, 0.2) is 5.96 Å². The Balaban J connectivity index is 1.85. The van der Waals surface area contributed by atoms with Crippen LogP contribution in [0.1, 0.15) is 28.8 Å². The summed E-state index contributed by atoms with van der Waals surface area (Å²) in [5.41, 5.74) is 3.63. The van der Waals surface area contributed by atoms with Gasteiger partial charge in [0.1, 0.15) is 0 Å². The summed E-state index contributed by atoms with van der Waals surface area (Å²) >= 11 is 1.71. The second kappa shape index (κ2) is 7.78. The second-order valence-electron chi connectivity index (χ2n) is 4.79. The van der Waals surface area contributed by atoms with Crippen LogP contribution in [0.4, 0.5) is 0 Å². The molecule has 0 aliphatic rings. The van der Waals surface area contributed by atoms with Crippen molar-refractivity contribution in [1.82, 2.24) is 15.6 Å². The van der Waals surface area contributed by atoms with E-state index in [0.29, 0.717) is 6.54 Å². The third-order valence-electron chi connectivity index (χ3n) is 3.27. The largest absolute Gasteiger partial charge is 0.352 e. The van der Waals surface area contributed by atoms with E-state index in [9.17, 15) is 0 Å². The number of aromatic nitrogens is 1. The monoisotopic (exact) mass is 302 g/mol. The molecule has 0 atom stereocenters. The van der Waals surface area contributed by atoms with E-state index in [4.69, 9.17) is 0 Å². The molecule has 2 rings (SSSR count). The highest BCUT2D eigenvalue weighted by Gasteiger charge is 2.03. The van der Waals surface area contributed by atoms with Gasteiger partial charge in [0, 0.05) is 19.0 Å². The van der Waals surface area contributed by atoms with Crippen LogP contribution in [-0.2, 0) is 19.5 Å². The average Bonchev–Trinajstić information content (AvgIpc) is 2.97. The van der Waals surface area contributed by atoms with E-state index in [-0.39, 0.29) is 0 Å². The molecule has 2 aromatic rings. The van der Waals surface area contributed by atoms with E-state index in [1.807, 2.05) is 0 Å². The Hall–Kier alpha value is -1.88. The zero-order chi connectivity index (χ0) is 15.1. The molecule has 0 saturated heterocycles. The van der Waals surface area contributed by atoms with Crippen molar-refractivity contribution >= 4 is 17.3 Å². The van der Waals surface area contributed by atoms with Crippen molar-refractivity contribution in [3.63, 3.8) is 0 Å². The average molecular weight is 302 g/mol. The van der Waals surface area contributed by atoms with Gasteiger partial charge in [-0.25, -0.2) is 4.98 Å². The number of nitrogens with zero attached hydrogens (tertiary/aromatic N) is 2. The van der Waals surface area contributed by atoms with Crippen LogP contribution in [0.2, 0.25) is 0 Å². The molecule has 1 aromatic heterocycles. The van der Waals surface area contributed by atoms with Gasteiger partial charge in [0.2, 0.25) is 0 Å². The molecule has 0 aliphatic heterocycles. The molecule has 1 aromatic carbocycles. The smallest absolute Gasteiger partial charge is 0.191 e. The van der Waals surface area contributed by atoms with E-state index in [0.717, 1.165) is 24.6 Å². The third-order valence-corrected chi connectivity index (χ3v) is 4.31. The minimum atomic E-state index is 0.698. The number of rotatable bonds is 5. The van der Waals surface area contributed by atoms with E-state index < -0.39 is 0 Å². The Kier molecular flexibility index (Phi) is 5.75. The summed E-state index contributed by atoms with van der Waals surface area (Å²) in [4.78, 5) is 8.79. The van der Waals surface area contributed by atoms with Gasteiger partial charge in [-0.2, -0.15) is 0 Å². The molecule has 0 amide bonds. The van der Waals surface area contributed by atoms with Crippen LogP contribution in [0.5, 0.6) is 0 Å². The van der Waals surface area contributed by atoms with E-state index in [2.05, 4.69) is 64.1 Å². The van der Waals surface area contributed by atoms with Gasteiger partial charge in [-0.15, -0.1) is 11.3 Å². The van der Waals surface area contributed by atoms with Crippen LogP contribution in [0, 0.1) is 6.92 Å². The molecule has 5 heteroatoms. The Labute approximate surface area is 130 Å². The highest BCUT2D eigenvalue weighted by molar-refractivity contribution is 7.09. The summed E-state index contributed by atoms with van der Waals surface area (Å²) < 4.78 is 0. The van der Waals surface area contributed by atoms with Crippen LogP contribution in [0.3, 0.4) is 0 Å². The van der Waals surface area contributed by atoms with Crippen molar-refractivity contribution in [2.24, 2.45) is 4.99 Å². The van der Waals surface area contributed by atoms with Crippen LogP contribution >= 0.6 is 11.3 Å². The van der Waals surface area contributed by atoms with Gasteiger partial charge in [0.25, 0.3) is 0 Å². The predicted octanol–water partition coefficient (Wildman–Crippen LogP) is 2.88. The molecule has 4 nitrogen and oxygen atoms in total. The predicted molar refractivity (Wildman–Crippen MR) is 89.7 cm³/mol. The molecule has 0 unspecified atom stereocenters. The van der Waals surface area contributed by atoms with E-state index in [1.165, 1.54) is 16.1 Å². The number of hydrogen-bond donors (Lipinski definition) is 2. The first-order valence-electron chi connectivity index (χ1n) is 7.15. The van der Waals surface area contributed by atoms with Crippen molar-refractivity contribution in [2.45, 2.75) is 33.4 Å². The molecular weight excluding hydrogens is 280 g/mol. The SMILES string of the molecule is CCc1nc(CNC(=NC)NCc2ccccc2C)cs1. The number of hydrogen-bond acceptors (Lipinski definition) is 3. The molecule has 1 heterocycles. The Morgan fingerprint density at radius 2 is 2.00 bits per heavy atom. The lowest BCUT2D eigenvalue weighted by molar-refractivity contribution is 0.793. The normalized spacial score (nSPS) is 11.5. The van der Waals surface area contributed by atoms with Gasteiger partial charge in [0.05, 0.1) is 17.2 Å². The van der Waals surface area contributed by atoms with Gasteiger partial charge in [-0.1, -0.05) is 31.2 Å². The standard InChI is InChI=1S/C16H22N4S/c1-4-15-20-14(11-21-15)10-19-16(17-3)18-9-13-8-6-5-7-12(13)2/h5-8,11H,4,9-10H2,1-3H3,(H2,17,18,19). The molecule has 0 fully saturated rings. The van der Waals surface area contributed by atoms with Crippen LogP contribution in [0.25, 0.3) is 0 Å². The van der Waals surface area contributed by atoms with Crippen LogP contribution in [0.15, 0.2) is 34.6 Å². The number of thiazole rings is 1. The fourth-order valence-corrected chi connectivity index (χ4v) is 2.72. The maximum Gasteiger partial charge on any atom is 0.191 e. The van der Waals surface area contributed by atoms with Crippen molar-refractivity contribution in [2.75, 3.05) is 7.05 Å². The lowest BCUT2D eigenvalue weighted by Crippen LogP contribution is -2.36. The molecule has 0 bridgehead atoms. The van der Waals surface area contributed by atoms with Crippen molar-refractivity contribution in [3.8, 4) is 0 Å². The molecule has 2 N–H and O–H groups in total. The summed E-state index contributed by atoms with van der Waals surface area (Å²) in [6.45, 7) is 5.71. The first-order chi connectivity index (χ1) is 10.2. The van der Waals surface area contributed by atoms with E-state index in [1.54, 1.807) is 18.4 Å². The Morgan fingerprint density at radius 1 is 1.24 bits per heavy atom. The quantitative estimate of drug-likeness (QED) is 0.659. The fourth-order valence-electron chi connectivity index (χ4n) is 1.97. The lowest BCUT2D eigenvalue weighted by Gasteiger charge is -2.12. The summed E-state index contributed by atoms with van der Waals surface area (Å²) in [6, 6.07) is 8.36. The highest BCUT2D eigenvalue weighted by Crippen LogP contribution is 2.09. The Bertz CT molecular complexity index is 604. The van der Waals surface area contributed by atoms with E-state index >= 15 is 0 Å². The van der Waals surface area contributed by atoms with Crippen LogP contribution in [-0.4, -0.2) is 18.0 Å². The maximum atomic E-state index is 4.54. The highest BCUT2D eigenvalue weighted by atomic mass is 32.1. The lowest BCUT2D eigenvalue weighted by atomic mass is 10.1. The fraction of sp³-hybridized carbons (Fsp3) is 0.375. The number of aryl methyl sites for hydroxylation is 2. The van der Waals surface area contributed by atoms with Gasteiger partial charge >= 0.3 is 0 Å². The molecule has 0 saturated carbocycles. The first-order valence-corrected chi connectivity index (χ1v) is 8.03. The second-order valence-corrected chi connectivity index (χ2v) is 5.73. The maximum absolute atomic E-state index is 4.54. The molecule has 0 aliphatic carbocycles. The summed E-state index contributed by atoms with van der Waals surface area (Å²) in [7, 11) is 1.78. The number of benzene rings is 1. The minimum absolute atomic E-state index is 0.698. The van der Waals surface area contributed by atoms with Gasteiger partial charge in [-0.05, 0) is 24.5 Å². The van der Waals surface area contributed by atoms with Crippen molar-refractivity contribution < 1.29 is 0 Å². The Morgan fingerprint density at radius 3 is 2.67 bits per heavy atom. The zero-order valence-electron chi connectivity index (χ0n) is 12.8.